The van der Waals surface area contributed by atoms with Crippen LogP contribution in [0.5, 0.6) is 0 Å². The molecule has 96 valence electrons. The Balaban J connectivity index is 1.59. The molecule has 2 unspecified atom stereocenters. The SMILES string of the molecule is NC1CC2CCCC(C1)C2NC(=O)CC1CC1. The first-order valence-electron chi connectivity index (χ1n) is 7.27. The van der Waals surface area contributed by atoms with Gasteiger partial charge < -0.3 is 11.1 Å². The quantitative estimate of drug-likeness (QED) is 0.785. The molecule has 0 aromatic carbocycles. The molecule has 3 aliphatic rings. The van der Waals surface area contributed by atoms with Crippen LogP contribution in [0, 0.1) is 17.8 Å². The highest BCUT2D eigenvalue weighted by Crippen LogP contribution is 2.40. The highest BCUT2D eigenvalue weighted by molar-refractivity contribution is 5.76. The van der Waals surface area contributed by atoms with E-state index in [1.54, 1.807) is 0 Å². The predicted octanol–water partition coefficient (Wildman–Crippen LogP) is 1.81. The Morgan fingerprint density at radius 3 is 2.35 bits per heavy atom. The van der Waals surface area contributed by atoms with E-state index in [0.717, 1.165) is 19.3 Å². The van der Waals surface area contributed by atoms with Crippen molar-refractivity contribution in [2.75, 3.05) is 0 Å². The highest BCUT2D eigenvalue weighted by atomic mass is 16.1. The van der Waals surface area contributed by atoms with Gasteiger partial charge in [0, 0.05) is 18.5 Å². The van der Waals surface area contributed by atoms with Crippen LogP contribution in [-0.4, -0.2) is 18.0 Å². The average molecular weight is 236 g/mol. The van der Waals surface area contributed by atoms with Gasteiger partial charge in [0.05, 0.1) is 0 Å². The molecule has 17 heavy (non-hydrogen) atoms. The van der Waals surface area contributed by atoms with Crippen LogP contribution < -0.4 is 11.1 Å². The van der Waals surface area contributed by atoms with Crippen LogP contribution in [-0.2, 0) is 4.79 Å². The summed E-state index contributed by atoms with van der Waals surface area (Å²) >= 11 is 0. The van der Waals surface area contributed by atoms with E-state index < -0.39 is 0 Å². The maximum Gasteiger partial charge on any atom is 0.220 e. The van der Waals surface area contributed by atoms with Crippen molar-refractivity contribution in [3.63, 3.8) is 0 Å². The van der Waals surface area contributed by atoms with Gasteiger partial charge in [-0.1, -0.05) is 6.42 Å². The van der Waals surface area contributed by atoms with E-state index in [2.05, 4.69) is 5.32 Å². The minimum atomic E-state index is 0.296. The maximum atomic E-state index is 11.9. The number of hydrogen-bond donors (Lipinski definition) is 2. The highest BCUT2D eigenvalue weighted by Gasteiger charge is 2.40. The van der Waals surface area contributed by atoms with Crippen molar-refractivity contribution in [3.05, 3.63) is 0 Å². The Labute approximate surface area is 104 Å². The van der Waals surface area contributed by atoms with Crippen LogP contribution in [0.1, 0.15) is 51.4 Å². The van der Waals surface area contributed by atoms with E-state index in [9.17, 15) is 4.79 Å². The normalized spacial score (nSPS) is 41.0. The van der Waals surface area contributed by atoms with Crippen molar-refractivity contribution in [2.24, 2.45) is 23.5 Å². The van der Waals surface area contributed by atoms with Gasteiger partial charge in [0.1, 0.15) is 0 Å². The fourth-order valence-electron chi connectivity index (χ4n) is 3.85. The Bertz CT molecular complexity index is 287. The summed E-state index contributed by atoms with van der Waals surface area (Å²) in [5, 5.41) is 3.32. The molecule has 0 heterocycles. The van der Waals surface area contributed by atoms with Crippen LogP contribution in [0.2, 0.25) is 0 Å². The number of hydrogen-bond acceptors (Lipinski definition) is 2. The van der Waals surface area contributed by atoms with E-state index in [-0.39, 0.29) is 0 Å². The molecule has 0 aliphatic heterocycles. The largest absolute Gasteiger partial charge is 0.353 e. The summed E-state index contributed by atoms with van der Waals surface area (Å²) in [6.07, 6.45) is 9.37. The Morgan fingerprint density at radius 2 is 1.76 bits per heavy atom. The standard InChI is InChI=1S/C14H24N2O/c15-12-7-10-2-1-3-11(8-12)14(10)16-13(17)6-9-4-5-9/h9-12,14H,1-8,15H2,(H,16,17). The molecular weight excluding hydrogens is 212 g/mol. The fraction of sp³-hybridized carbons (Fsp3) is 0.929. The topological polar surface area (TPSA) is 55.1 Å². The summed E-state index contributed by atoms with van der Waals surface area (Å²) in [5.41, 5.74) is 6.10. The number of amides is 1. The summed E-state index contributed by atoms with van der Waals surface area (Å²) in [6.45, 7) is 0. The van der Waals surface area contributed by atoms with Crippen molar-refractivity contribution in [2.45, 2.75) is 63.5 Å². The molecule has 0 spiro atoms. The van der Waals surface area contributed by atoms with Crippen LogP contribution in [0.25, 0.3) is 0 Å². The molecular formula is C14H24N2O. The van der Waals surface area contributed by atoms with Crippen molar-refractivity contribution >= 4 is 5.91 Å². The molecule has 3 N–H and O–H groups in total. The molecule has 2 bridgehead atoms. The minimum Gasteiger partial charge on any atom is -0.353 e. The van der Waals surface area contributed by atoms with Gasteiger partial charge in [-0.15, -0.1) is 0 Å². The van der Waals surface area contributed by atoms with Crippen molar-refractivity contribution < 1.29 is 4.79 Å². The third kappa shape index (κ3) is 2.65. The number of carbonyl (C=O) groups is 1. The summed E-state index contributed by atoms with van der Waals surface area (Å²) < 4.78 is 0. The van der Waals surface area contributed by atoms with Gasteiger partial charge in [0.25, 0.3) is 0 Å². The van der Waals surface area contributed by atoms with E-state index in [1.165, 1.54) is 32.1 Å². The van der Waals surface area contributed by atoms with Crippen LogP contribution in [0.3, 0.4) is 0 Å². The van der Waals surface area contributed by atoms with Gasteiger partial charge in [-0.2, -0.15) is 0 Å². The lowest BCUT2D eigenvalue weighted by Gasteiger charge is -2.45. The lowest BCUT2D eigenvalue weighted by molar-refractivity contribution is -0.123. The van der Waals surface area contributed by atoms with Gasteiger partial charge >= 0.3 is 0 Å². The number of rotatable bonds is 3. The van der Waals surface area contributed by atoms with E-state index >= 15 is 0 Å². The smallest absolute Gasteiger partial charge is 0.220 e. The van der Waals surface area contributed by atoms with Gasteiger partial charge in [0.15, 0.2) is 0 Å². The van der Waals surface area contributed by atoms with Crippen molar-refractivity contribution in [1.29, 1.82) is 0 Å². The zero-order valence-corrected chi connectivity index (χ0v) is 10.5. The molecule has 0 saturated heterocycles. The molecule has 0 radical (unpaired) electrons. The second-order valence-electron chi connectivity index (χ2n) is 6.42. The van der Waals surface area contributed by atoms with Crippen LogP contribution in [0.4, 0.5) is 0 Å². The number of nitrogens with two attached hydrogens (primary N) is 1. The summed E-state index contributed by atoms with van der Waals surface area (Å²) in [7, 11) is 0. The molecule has 3 nitrogen and oxygen atoms in total. The minimum absolute atomic E-state index is 0.296. The third-order valence-corrected chi connectivity index (χ3v) is 4.88. The summed E-state index contributed by atoms with van der Waals surface area (Å²) in [6, 6.07) is 0.816. The van der Waals surface area contributed by atoms with E-state index in [1.807, 2.05) is 0 Å². The predicted molar refractivity (Wildman–Crippen MR) is 67.3 cm³/mol. The van der Waals surface area contributed by atoms with Crippen LogP contribution in [0.15, 0.2) is 0 Å². The van der Waals surface area contributed by atoms with E-state index in [4.69, 9.17) is 5.73 Å². The van der Waals surface area contributed by atoms with Gasteiger partial charge in [-0.3, -0.25) is 4.79 Å². The summed E-state index contributed by atoms with van der Waals surface area (Å²) in [5.74, 6) is 2.30. The molecule has 3 saturated carbocycles. The Kier molecular flexibility index (Phi) is 3.12. The molecule has 0 aromatic heterocycles. The average Bonchev–Trinajstić information content (AvgIpc) is 3.03. The molecule has 3 rings (SSSR count). The van der Waals surface area contributed by atoms with E-state index in [0.29, 0.717) is 35.7 Å². The van der Waals surface area contributed by atoms with Gasteiger partial charge in [-0.25, -0.2) is 0 Å². The number of carbonyl (C=O) groups excluding carboxylic acids is 1. The molecule has 3 heteroatoms. The zero-order valence-electron chi connectivity index (χ0n) is 10.5. The number of fused-ring (bicyclic) bond motifs is 2. The molecule has 2 atom stereocenters. The second kappa shape index (κ2) is 4.60. The Hall–Kier alpha value is -0.570. The first-order chi connectivity index (χ1) is 8.22. The fourth-order valence-corrected chi connectivity index (χ4v) is 3.85. The monoisotopic (exact) mass is 236 g/mol. The third-order valence-electron chi connectivity index (χ3n) is 4.88. The van der Waals surface area contributed by atoms with Crippen molar-refractivity contribution in [1.82, 2.24) is 5.32 Å². The lowest BCUT2D eigenvalue weighted by Crippen LogP contribution is -2.53. The first kappa shape index (κ1) is 11.5. The van der Waals surface area contributed by atoms with Crippen LogP contribution >= 0.6 is 0 Å². The lowest BCUT2D eigenvalue weighted by atomic mass is 9.67. The van der Waals surface area contributed by atoms with Gasteiger partial charge in [-0.05, 0) is 56.3 Å². The molecule has 1 amide bonds. The molecule has 0 aromatic rings. The Morgan fingerprint density at radius 1 is 1.12 bits per heavy atom. The number of nitrogens with one attached hydrogen (secondary N) is 1. The second-order valence-corrected chi connectivity index (χ2v) is 6.42. The zero-order chi connectivity index (χ0) is 11.8. The summed E-state index contributed by atoms with van der Waals surface area (Å²) in [4.78, 5) is 11.9. The molecule has 3 fully saturated rings. The first-order valence-corrected chi connectivity index (χ1v) is 7.27. The van der Waals surface area contributed by atoms with Gasteiger partial charge in [0.2, 0.25) is 5.91 Å². The van der Waals surface area contributed by atoms with Crippen molar-refractivity contribution in [3.8, 4) is 0 Å². The molecule has 3 aliphatic carbocycles. The maximum absolute atomic E-state index is 11.9.